The van der Waals surface area contributed by atoms with E-state index in [0.717, 1.165) is 57.8 Å². The predicted molar refractivity (Wildman–Crippen MR) is 118 cm³/mol. The first kappa shape index (κ1) is 21.9. The Hall–Kier alpha value is -1.96. The largest absolute Gasteiger partial charge is 0.388 e. The number of aliphatic hydroxyl groups excluding tert-OH is 1. The second-order valence-corrected chi connectivity index (χ2v) is 9.82. The first-order chi connectivity index (χ1) is 15.6. The molecule has 0 radical (unpaired) electrons. The van der Waals surface area contributed by atoms with Gasteiger partial charge in [-0.1, -0.05) is 43.9 Å². The number of hydrogen-bond acceptors (Lipinski definition) is 5. The molecule has 2 amide bonds. The molecule has 0 bridgehead atoms. The molecule has 4 atom stereocenters. The van der Waals surface area contributed by atoms with Gasteiger partial charge in [-0.15, -0.1) is 0 Å². The molecule has 1 aromatic carbocycles. The molecule has 2 saturated heterocycles. The summed E-state index contributed by atoms with van der Waals surface area (Å²) in [7, 11) is 0. The minimum Gasteiger partial charge on any atom is -0.388 e. The number of likely N-dealkylation sites (tertiary alicyclic amines) is 1. The highest BCUT2D eigenvalue weighted by molar-refractivity contribution is 5.98. The number of hydrogen-bond donors (Lipinski definition) is 2. The van der Waals surface area contributed by atoms with E-state index >= 15 is 0 Å². The van der Waals surface area contributed by atoms with Crippen LogP contribution in [0.15, 0.2) is 30.3 Å². The van der Waals surface area contributed by atoms with Crippen LogP contribution in [0.5, 0.6) is 0 Å². The van der Waals surface area contributed by atoms with E-state index in [4.69, 9.17) is 9.47 Å². The molecule has 32 heavy (non-hydrogen) atoms. The third-order valence-electron chi connectivity index (χ3n) is 7.55. The highest BCUT2D eigenvalue weighted by Crippen LogP contribution is 2.44. The van der Waals surface area contributed by atoms with Crippen molar-refractivity contribution in [2.24, 2.45) is 0 Å². The Morgan fingerprint density at radius 2 is 1.59 bits per heavy atom. The standard InChI is InChI=1S/C25H34N2O5/c28-19-16-27(24(30)17-10-4-1-5-11-17)20(23(29)26-18-12-6-2-7-13-18)22-21(19)31-25(32-22)14-8-3-9-15-25/h1,4-5,10-11,18-22,28H,2-3,6-9,12-16H2,(H,26,29)/t19-,20-,21-,22+/m1/s1. The zero-order valence-corrected chi connectivity index (χ0v) is 18.6. The van der Waals surface area contributed by atoms with Crippen LogP contribution in [0.3, 0.4) is 0 Å². The Morgan fingerprint density at radius 3 is 2.31 bits per heavy atom. The molecule has 2 aliphatic carbocycles. The number of β-amino-alcohol motifs (C(OH)–C–C–N with tert-alkyl or cyclic N) is 1. The number of rotatable bonds is 3. The second kappa shape index (κ2) is 9.12. The van der Waals surface area contributed by atoms with Crippen LogP contribution in [0.2, 0.25) is 0 Å². The molecule has 174 valence electrons. The third-order valence-corrected chi connectivity index (χ3v) is 7.55. The molecule has 0 unspecified atom stereocenters. The fourth-order valence-electron chi connectivity index (χ4n) is 5.90. The fourth-order valence-corrected chi connectivity index (χ4v) is 5.90. The van der Waals surface area contributed by atoms with Crippen LogP contribution in [0, 0.1) is 0 Å². The molecule has 1 spiro atoms. The maximum absolute atomic E-state index is 13.6. The van der Waals surface area contributed by atoms with Crippen LogP contribution in [-0.2, 0) is 14.3 Å². The molecule has 7 nitrogen and oxygen atoms in total. The van der Waals surface area contributed by atoms with E-state index in [9.17, 15) is 14.7 Å². The van der Waals surface area contributed by atoms with Gasteiger partial charge in [0.1, 0.15) is 24.4 Å². The zero-order chi connectivity index (χ0) is 22.1. The molecule has 5 rings (SSSR count). The summed E-state index contributed by atoms with van der Waals surface area (Å²) in [6.45, 7) is 0.0527. The first-order valence-electron chi connectivity index (χ1n) is 12.3. The molecule has 1 aromatic rings. The number of nitrogens with one attached hydrogen (secondary N) is 1. The van der Waals surface area contributed by atoms with Crippen molar-refractivity contribution in [3.63, 3.8) is 0 Å². The van der Waals surface area contributed by atoms with Crippen molar-refractivity contribution in [2.75, 3.05) is 6.54 Å². The van der Waals surface area contributed by atoms with Crippen molar-refractivity contribution in [1.29, 1.82) is 0 Å². The zero-order valence-electron chi connectivity index (χ0n) is 18.6. The van der Waals surface area contributed by atoms with Gasteiger partial charge in [0.25, 0.3) is 5.91 Å². The number of aliphatic hydroxyl groups is 1. The summed E-state index contributed by atoms with van der Waals surface area (Å²) in [6, 6.07) is 8.25. The molecular weight excluding hydrogens is 408 g/mol. The number of benzene rings is 1. The molecule has 4 fully saturated rings. The van der Waals surface area contributed by atoms with Crippen LogP contribution in [0.25, 0.3) is 0 Å². The van der Waals surface area contributed by atoms with Gasteiger partial charge in [0, 0.05) is 24.4 Å². The van der Waals surface area contributed by atoms with Crippen LogP contribution in [0.1, 0.15) is 74.6 Å². The maximum atomic E-state index is 13.6. The van der Waals surface area contributed by atoms with Gasteiger partial charge in [-0.3, -0.25) is 9.59 Å². The average Bonchev–Trinajstić information content (AvgIpc) is 3.18. The number of fused-ring (bicyclic) bond motifs is 1. The van der Waals surface area contributed by atoms with Gasteiger partial charge in [-0.25, -0.2) is 0 Å². The van der Waals surface area contributed by atoms with E-state index in [0.29, 0.717) is 5.56 Å². The van der Waals surface area contributed by atoms with Gasteiger partial charge >= 0.3 is 0 Å². The predicted octanol–water partition coefficient (Wildman–Crippen LogP) is 2.77. The van der Waals surface area contributed by atoms with E-state index < -0.39 is 30.1 Å². The maximum Gasteiger partial charge on any atom is 0.254 e. The second-order valence-electron chi connectivity index (χ2n) is 9.82. The number of carbonyl (C=O) groups is 2. The van der Waals surface area contributed by atoms with Crippen molar-refractivity contribution in [2.45, 2.75) is 100 Å². The van der Waals surface area contributed by atoms with Gasteiger partial charge in [-0.05, 0) is 37.8 Å². The van der Waals surface area contributed by atoms with Gasteiger partial charge in [0.05, 0.1) is 6.54 Å². The highest BCUT2D eigenvalue weighted by atomic mass is 16.8. The van der Waals surface area contributed by atoms with Crippen LogP contribution >= 0.6 is 0 Å². The van der Waals surface area contributed by atoms with Crippen molar-refractivity contribution in [3.8, 4) is 0 Å². The van der Waals surface area contributed by atoms with E-state index in [2.05, 4.69) is 5.32 Å². The topological polar surface area (TPSA) is 88.1 Å². The molecule has 2 saturated carbocycles. The van der Waals surface area contributed by atoms with E-state index in [1.807, 2.05) is 6.07 Å². The Balaban J connectivity index is 1.44. The van der Waals surface area contributed by atoms with Gasteiger partial charge in [0.2, 0.25) is 5.91 Å². The lowest BCUT2D eigenvalue weighted by Gasteiger charge is -2.43. The quantitative estimate of drug-likeness (QED) is 0.752. The molecular formula is C25H34N2O5. The Morgan fingerprint density at radius 1 is 0.938 bits per heavy atom. The van der Waals surface area contributed by atoms with Crippen molar-refractivity contribution in [3.05, 3.63) is 35.9 Å². The Labute approximate surface area is 189 Å². The SMILES string of the molecule is O=C(NC1CCCCC1)[C@H]1[C@@H]2OC3(CCCCC3)O[C@@H]2[C@H](O)CN1C(=O)c1ccccc1. The highest BCUT2D eigenvalue weighted by Gasteiger charge is 2.59. The summed E-state index contributed by atoms with van der Waals surface area (Å²) in [4.78, 5) is 28.6. The molecule has 2 aliphatic heterocycles. The summed E-state index contributed by atoms with van der Waals surface area (Å²) < 4.78 is 12.8. The van der Waals surface area contributed by atoms with Crippen molar-refractivity contribution < 1.29 is 24.2 Å². The van der Waals surface area contributed by atoms with Gasteiger partial charge in [0.15, 0.2) is 5.79 Å². The Kier molecular flexibility index (Phi) is 6.23. The average molecular weight is 443 g/mol. The number of amides is 2. The summed E-state index contributed by atoms with van der Waals surface area (Å²) in [5, 5.41) is 14.1. The lowest BCUT2D eigenvalue weighted by molar-refractivity contribution is -0.199. The molecule has 2 heterocycles. The number of carbonyl (C=O) groups excluding carboxylic acids is 2. The smallest absolute Gasteiger partial charge is 0.254 e. The molecule has 2 N–H and O–H groups in total. The van der Waals surface area contributed by atoms with Gasteiger partial charge < -0.3 is 24.8 Å². The summed E-state index contributed by atoms with van der Waals surface area (Å²) in [6.07, 6.45) is 7.82. The number of piperidine rings is 1. The third kappa shape index (κ3) is 4.18. The van der Waals surface area contributed by atoms with E-state index in [1.165, 1.54) is 11.3 Å². The van der Waals surface area contributed by atoms with E-state index in [-0.39, 0.29) is 24.4 Å². The van der Waals surface area contributed by atoms with Gasteiger partial charge in [-0.2, -0.15) is 0 Å². The number of nitrogens with zero attached hydrogens (tertiary/aromatic N) is 1. The van der Waals surface area contributed by atoms with E-state index in [1.54, 1.807) is 24.3 Å². The lowest BCUT2D eigenvalue weighted by Crippen LogP contribution is -2.66. The van der Waals surface area contributed by atoms with Crippen molar-refractivity contribution in [1.82, 2.24) is 10.2 Å². The summed E-state index contributed by atoms with van der Waals surface area (Å²) in [5.41, 5.74) is 0.500. The first-order valence-corrected chi connectivity index (χ1v) is 12.3. The summed E-state index contributed by atoms with van der Waals surface area (Å²) in [5.74, 6) is -1.20. The number of ether oxygens (including phenoxy) is 2. The molecule has 4 aliphatic rings. The minimum atomic E-state index is -0.896. The Bertz CT molecular complexity index is 819. The fraction of sp³-hybridized carbons (Fsp3) is 0.680. The van der Waals surface area contributed by atoms with Crippen LogP contribution in [-0.4, -0.2) is 64.5 Å². The van der Waals surface area contributed by atoms with Crippen LogP contribution in [0.4, 0.5) is 0 Å². The van der Waals surface area contributed by atoms with Crippen molar-refractivity contribution >= 4 is 11.8 Å². The lowest BCUT2D eigenvalue weighted by atomic mass is 9.91. The summed E-state index contributed by atoms with van der Waals surface area (Å²) >= 11 is 0. The molecule has 7 heteroatoms. The minimum absolute atomic E-state index is 0.0527. The monoisotopic (exact) mass is 442 g/mol. The normalized spacial score (nSPS) is 32.5. The van der Waals surface area contributed by atoms with Crippen LogP contribution < -0.4 is 5.32 Å². The molecule has 0 aromatic heterocycles.